The van der Waals surface area contributed by atoms with E-state index in [0.717, 1.165) is 73.6 Å². The first-order valence-electron chi connectivity index (χ1n) is 23.1. The minimum Gasteiger partial charge on any atom is -0.491 e. The number of esters is 2. The van der Waals surface area contributed by atoms with Gasteiger partial charge < -0.3 is 29.2 Å². The Morgan fingerprint density at radius 3 is 1.45 bits per heavy atom. The predicted octanol–water partition coefficient (Wildman–Crippen LogP) is 11.4. The van der Waals surface area contributed by atoms with Crippen molar-refractivity contribution in [2.45, 2.75) is 122 Å². The number of carbonyl (C=O) groups excluding carboxylic acids is 2. The zero-order chi connectivity index (χ0) is 47.4. The zero-order valence-corrected chi connectivity index (χ0v) is 39.0. The Hall–Kier alpha value is -6.08. The number of cyclic esters (lactones) is 1. The number of nitrogens with zero attached hydrogens (tertiary/aromatic N) is 2. The second kappa shape index (κ2) is 33.4. The van der Waals surface area contributed by atoms with Gasteiger partial charge in [0.2, 0.25) is 10.0 Å². The maximum atomic E-state index is 11.6. The van der Waals surface area contributed by atoms with Crippen LogP contribution in [0.4, 0.5) is 0 Å². The minimum atomic E-state index is -0.644. The average molecular weight is 897 g/mol. The number of hydrogen-bond donors (Lipinski definition) is 4. The Balaban J connectivity index is 0.000000375. The van der Waals surface area contributed by atoms with Crippen molar-refractivity contribution in [1.82, 2.24) is 0 Å². The van der Waals surface area contributed by atoms with E-state index < -0.39 is 10.8 Å². The van der Waals surface area contributed by atoms with Gasteiger partial charge in [0.25, 0.3) is 0 Å². The molecule has 4 aromatic carbocycles. The molecule has 1 fully saturated rings. The molecule has 4 N–H and O–H groups in total. The monoisotopic (exact) mass is 897 g/mol. The summed E-state index contributed by atoms with van der Waals surface area (Å²) in [4.78, 5) is 21.8. The van der Waals surface area contributed by atoms with Crippen LogP contribution >= 0.6 is 0 Å². The molecule has 0 amide bonds. The van der Waals surface area contributed by atoms with Crippen LogP contribution in [0.5, 0.6) is 11.5 Å². The highest BCUT2D eigenvalue weighted by Gasteiger charge is 2.40. The number of aliphatic hydroxyl groups is 2. The third kappa shape index (κ3) is 19.7. The van der Waals surface area contributed by atoms with Gasteiger partial charge in [-0.05, 0) is 85.0 Å². The molecule has 12 nitrogen and oxygen atoms in total. The van der Waals surface area contributed by atoms with Crippen LogP contribution in [0.25, 0.3) is 10.0 Å². The summed E-state index contributed by atoms with van der Waals surface area (Å²) in [5.74, 6) is 1.05. The molecule has 0 saturated carbocycles. The van der Waals surface area contributed by atoms with E-state index in [1.54, 1.807) is 0 Å². The van der Waals surface area contributed by atoms with Crippen molar-refractivity contribution in [3.8, 4) is 23.6 Å². The highest BCUT2D eigenvalue weighted by Crippen LogP contribution is 2.39. The Morgan fingerprint density at radius 2 is 1.08 bits per heavy atom. The summed E-state index contributed by atoms with van der Waals surface area (Å²) in [5, 5.41) is 42.8. The quantitative estimate of drug-likeness (QED) is 0.0360. The third-order valence-electron chi connectivity index (χ3n) is 10.3. The molecular formula is C53H72N2O10+2. The van der Waals surface area contributed by atoms with Crippen LogP contribution in [0.1, 0.15) is 133 Å². The standard InChI is InChI=1S/C25H31NO5.C20H23NO3.C5H8O2.C3H8/c1-2-3-16-25(20-26-29,21-9-5-4-6-10-21)22-12-14-23(15-13-22)30-18-19-31-24(28)11-7-8-17-27;1-2-3-13-20(16-21-23,17-7-5-4-6-8-17)18-9-11-19(12-10-18)24-15-14-22;6-5-3-1-2-4-7-5;1-3-2/h4-6,9-10,12-15,27H,2-3,7-8,11,16-19H2,1H3;4-12,22H,2-3,13-15H2,1H3;1-4H2;3H2,1-2H3/p+2. The predicted molar refractivity (Wildman–Crippen MR) is 255 cm³/mol. The Bertz CT molecular complexity index is 1980. The molecule has 12 heteroatoms. The molecule has 1 aliphatic rings. The first-order chi connectivity index (χ1) is 31.7. The van der Waals surface area contributed by atoms with E-state index in [4.69, 9.17) is 24.4 Å². The van der Waals surface area contributed by atoms with E-state index >= 15 is 0 Å². The molecular weight excluding hydrogens is 825 g/mol. The van der Waals surface area contributed by atoms with Gasteiger partial charge in [-0.3, -0.25) is 9.59 Å². The summed E-state index contributed by atoms with van der Waals surface area (Å²) in [5.41, 5.74) is 2.78. The Kier molecular flexibility index (Phi) is 28.3. The molecule has 1 aliphatic heterocycles. The molecule has 1 heterocycles. The van der Waals surface area contributed by atoms with Gasteiger partial charge in [-0.1, -0.05) is 145 Å². The van der Waals surface area contributed by atoms with Crippen LogP contribution in [-0.2, 0) is 29.9 Å². The normalized spacial score (nSPS) is 13.2. The fourth-order valence-corrected chi connectivity index (χ4v) is 7.01. The van der Waals surface area contributed by atoms with E-state index in [0.29, 0.717) is 43.8 Å². The topological polar surface area (TPSA) is 161 Å². The second-order valence-electron chi connectivity index (χ2n) is 15.4. The number of unbranched alkanes of at least 4 members (excludes halogenated alkanes) is 3. The van der Waals surface area contributed by atoms with Crippen LogP contribution in [0.3, 0.4) is 0 Å². The number of ether oxygens (including phenoxy) is 4. The molecule has 0 aromatic heterocycles. The van der Waals surface area contributed by atoms with Crippen molar-refractivity contribution in [3.05, 3.63) is 141 Å². The Labute approximate surface area is 386 Å². The van der Waals surface area contributed by atoms with E-state index in [1.807, 2.05) is 109 Å². The molecule has 2 unspecified atom stereocenters. The number of hydrogen-bond acceptors (Lipinski definition) is 10. The second-order valence-corrected chi connectivity index (χ2v) is 15.4. The van der Waals surface area contributed by atoms with Gasteiger partial charge in [0, 0.05) is 19.4 Å². The van der Waals surface area contributed by atoms with Gasteiger partial charge in [-0.25, -0.2) is 0 Å². The minimum absolute atomic E-state index is 0.0167. The summed E-state index contributed by atoms with van der Waals surface area (Å²) in [6.07, 6.45) is 11.0. The van der Waals surface area contributed by atoms with Crippen molar-refractivity contribution in [2.75, 3.05) is 39.6 Å². The zero-order valence-electron chi connectivity index (χ0n) is 39.0. The van der Waals surface area contributed by atoms with Crippen LogP contribution in [-0.4, -0.2) is 72.2 Å². The number of carbonyl (C=O) groups is 2. The molecule has 5 rings (SSSR count). The van der Waals surface area contributed by atoms with Crippen molar-refractivity contribution in [1.29, 1.82) is 0 Å². The molecule has 352 valence electrons. The first kappa shape index (κ1) is 55.1. The summed E-state index contributed by atoms with van der Waals surface area (Å²) in [6.45, 7) is 9.92. The fourth-order valence-electron chi connectivity index (χ4n) is 7.01. The fraction of sp³-hybridized carbons (Fsp3) is 0.472. The third-order valence-corrected chi connectivity index (χ3v) is 10.3. The molecule has 4 aromatic rings. The van der Waals surface area contributed by atoms with Crippen LogP contribution in [0.15, 0.2) is 109 Å². The SMILES string of the molecule is CCC.CCCCC(C#[N+]O)(c1ccccc1)c1ccc(OCCO)cc1.CCCCC(C#[N+]O)(c1ccccc1)c1ccc(OCCOC(=O)CCCCO)cc1.O=C1CCCCO1. The number of aliphatic hydroxyl groups excluding tert-OH is 2. The van der Waals surface area contributed by atoms with Crippen molar-refractivity contribution in [3.63, 3.8) is 0 Å². The summed E-state index contributed by atoms with van der Waals surface area (Å²) >= 11 is 0. The number of rotatable bonds is 21. The number of benzene rings is 4. The molecule has 65 heavy (non-hydrogen) atoms. The lowest BCUT2D eigenvalue weighted by atomic mass is 9.72. The highest BCUT2D eigenvalue weighted by molar-refractivity contribution is 5.70. The molecule has 2 atom stereocenters. The van der Waals surface area contributed by atoms with Crippen LogP contribution < -0.4 is 9.47 Å². The molecule has 0 bridgehead atoms. The van der Waals surface area contributed by atoms with E-state index in [9.17, 15) is 20.0 Å². The van der Waals surface area contributed by atoms with Gasteiger partial charge >= 0.3 is 24.1 Å². The average Bonchev–Trinajstić information content (AvgIpc) is 3.34. The first-order valence-corrected chi connectivity index (χ1v) is 23.1. The summed E-state index contributed by atoms with van der Waals surface area (Å²) in [7, 11) is 0. The maximum Gasteiger partial charge on any atom is 0.366 e. The van der Waals surface area contributed by atoms with Crippen molar-refractivity contribution >= 4 is 11.9 Å². The maximum absolute atomic E-state index is 11.6. The Morgan fingerprint density at radius 1 is 0.615 bits per heavy atom. The highest BCUT2D eigenvalue weighted by atomic mass is 16.6. The van der Waals surface area contributed by atoms with Crippen LogP contribution in [0.2, 0.25) is 0 Å². The van der Waals surface area contributed by atoms with Crippen molar-refractivity contribution < 1.29 is 49.2 Å². The van der Waals surface area contributed by atoms with Gasteiger partial charge in [-0.15, -0.1) is 0 Å². The van der Waals surface area contributed by atoms with E-state index in [1.165, 1.54) is 6.42 Å². The molecule has 0 radical (unpaired) electrons. The van der Waals surface area contributed by atoms with E-state index in [2.05, 4.69) is 54.6 Å². The van der Waals surface area contributed by atoms with Gasteiger partial charge in [0.1, 0.15) is 31.3 Å². The lowest BCUT2D eigenvalue weighted by molar-refractivity contribution is -0.147. The lowest BCUT2D eigenvalue weighted by Crippen LogP contribution is -2.26. The van der Waals surface area contributed by atoms with Gasteiger partial charge in [0.15, 0.2) is 10.8 Å². The lowest BCUT2D eigenvalue weighted by Gasteiger charge is -2.24. The smallest absolute Gasteiger partial charge is 0.366 e. The molecule has 1 saturated heterocycles. The van der Waals surface area contributed by atoms with Gasteiger partial charge in [-0.2, -0.15) is 10.4 Å². The van der Waals surface area contributed by atoms with E-state index in [-0.39, 0.29) is 45.0 Å². The summed E-state index contributed by atoms with van der Waals surface area (Å²) in [6, 6.07) is 41.1. The molecule has 0 spiro atoms. The van der Waals surface area contributed by atoms with Crippen molar-refractivity contribution in [2.24, 2.45) is 0 Å². The van der Waals surface area contributed by atoms with Crippen LogP contribution in [0, 0.1) is 12.1 Å². The summed E-state index contributed by atoms with van der Waals surface area (Å²) < 4.78 is 20.9. The molecule has 0 aliphatic carbocycles. The largest absolute Gasteiger partial charge is 0.491 e. The van der Waals surface area contributed by atoms with Gasteiger partial charge in [0.05, 0.1) is 13.2 Å².